The predicted molar refractivity (Wildman–Crippen MR) is 113 cm³/mol. The van der Waals surface area contributed by atoms with Crippen LogP contribution in [0.2, 0.25) is 0 Å². The predicted octanol–water partition coefficient (Wildman–Crippen LogP) is 4.96. The molecule has 1 aliphatic carbocycles. The minimum absolute atomic E-state index is 0.0568. The standard InChI is InChI=1S/C22H24N4OS/c1-3-26-20(17-11-12-17)24-25-22(26)28-19(16-7-5-4-6-8-16)21(27)23-18-13-9-15(2)10-14-18/h4-10,13-14,17,19H,3,11-12H2,1-2H3,(H,23,27)/t19-/m1/s1. The highest BCUT2D eigenvalue weighted by Gasteiger charge is 2.31. The van der Waals surface area contributed by atoms with Gasteiger partial charge in [-0.15, -0.1) is 10.2 Å². The van der Waals surface area contributed by atoms with Crippen LogP contribution in [0.3, 0.4) is 0 Å². The zero-order chi connectivity index (χ0) is 19.5. The molecular formula is C22H24N4OS. The molecule has 0 radical (unpaired) electrons. The SMILES string of the molecule is CCn1c(S[C@@H](C(=O)Nc2ccc(C)cc2)c2ccccc2)nnc1C1CC1. The molecule has 0 unspecified atom stereocenters. The summed E-state index contributed by atoms with van der Waals surface area (Å²) in [5.41, 5.74) is 2.92. The van der Waals surface area contributed by atoms with E-state index in [1.165, 1.54) is 24.6 Å². The Morgan fingerprint density at radius 1 is 1.14 bits per heavy atom. The molecule has 4 rings (SSSR count). The highest BCUT2D eigenvalue weighted by Crippen LogP contribution is 2.42. The molecule has 0 saturated heterocycles. The van der Waals surface area contributed by atoms with Crippen LogP contribution >= 0.6 is 11.8 Å². The van der Waals surface area contributed by atoms with Gasteiger partial charge in [0.25, 0.3) is 0 Å². The number of hydrogen-bond acceptors (Lipinski definition) is 4. The summed E-state index contributed by atoms with van der Waals surface area (Å²) in [5.74, 6) is 1.52. The number of carbonyl (C=O) groups excluding carboxylic acids is 1. The van der Waals surface area contributed by atoms with Gasteiger partial charge in [0, 0.05) is 18.2 Å². The van der Waals surface area contributed by atoms with E-state index in [2.05, 4.69) is 27.0 Å². The van der Waals surface area contributed by atoms with Crippen LogP contribution in [0.5, 0.6) is 0 Å². The molecule has 28 heavy (non-hydrogen) atoms. The van der Waals surface area contributed by atoms with Gasteiger partial charge < -0.3 is 9.88 Å². The van der Waals surface area contributed by atoms with E-state index in [0.29, 0.717) is 5.92 Å². The number of thioether (sulfide) groups is 1. The van der Waals surface area contributed by atoms with E-state index < -0.39 is 5.25 Å². The Bertz CT molecular complexity index is 948. The number of rotatable bonds is 7. The molecule has 5 nitrogen and oxygen atoms in total. The molecule has 0 bridgehead atoms. The fourth-order valence-electron chi connectivity index (χ4n) is 3.18. The number of carbonyl (C=O) groups is 1. The lowest BCUT2D eigenvalue weighted by Gasteiger charge is -2.17. The number of hydrogen-bond donors (Lipinski definition) is 1. The summed E-state index contributed by atoms with van der Waals surface area (Å²) in [5, 5.41) is 12.3. The van der Waals surface area contributed by atoms with Crippen molar-refractivity contribution in [2.75, 3.05) is 5.32 Å². The lowest BCUT2D eigenvalue weighted by atomic mass is 10.1. The van der Waals surface area contributed by atoms with Gasteiger partial charge >= 0.3 is 0 Å². The number of anilines is 1. The zero-order valence-corrected chi connectivity index (χ0v) is 16.9. The second kappa shape index (κ2) is 8.19. The lowest BCUT2D eigenvalue weighted by molar-refractivity contribution is -0.115. The van der Waals surface area contributed by atoms with Gasteiger partial charge in [0.05, 0.1) is 0 Å². The van der Waals surface area contributed by atoms with Gasteiger partial charge in [-0.1, -0.05) is 59.8 Å². The van der Waals surface area contributed by atoms with E-state index in [0.717, 1.165) is 34.3 Å². The van der Waals surface area contributed by atoms with Crippen molar-refractivity contribution in [3.8, 4) is 0 Å². The number of aromatic nitrogens is 3. The highest BCUT2D eigenvalue weighted by atomic mass is 32.2. The van der Waals surface area contributed by atoms with Gasteiger partial charge in [-0.2, -0.15) is 0 Å². The quantitative estimate of drug-likeness (QED) is 0.578. The van der Waals surface area contributed by atoms with Gasteiger partial charge in [0.1, 0.15) is 11.1 Å². The molecule has 1 atom stereocenters. The van der Waals surface area contributed by atoms with Crippen molar-refractivity contribution >= 4 is 23.4 Å². The van der Waals surface area contributed by atoms with E-state index in [1.807, 2.05) is 61.5 Å². The van der Waals surface area contributed by atoms with Crippen LogP contribution in [0.15, 0.2) is 59.8 Å². The van der Waals surface area contributed by atoms with Crippen LogP contribution in [-0.4, -0.2) is 20.7 Å². The average Bonchev–Trinajstić information content (AvgIpc) is 3.48. The van der Waals surface area contributed by atoms with Crippen molar-refractivity contribution in [2.45, 2.75) is 49.6 Å². The van der Waals surface area contributed by atoms with Gasteiger partial charge in [-0.25, -0.2) is 0 Å². The van der Waals surface area contributed by atoms with E-state index >= 15 is 0 Å². The maximum absolute atomic E-state index is 13.2. The van der Waals surface area contributed by atoms with E-state index in [-0.39, 0.29) is 5.91 Å². The molecule has 6 heteroatoms. The normalized spacial score (nSPS) is 14.6. The number of benzene rings is 2. The highest BCUT2D eigenvalue weighted by molar-refractivity contribution is 8.00. The second-order valence-corrected chi connectivity index (χ2v) is 8.20. The van der Waals surface area contributed by atoms with Gasteiger partial charge in [0.15, 0.2) is 5.16 Å². The van der Waals surface area contributed by atoms with Crippen molar-refractivity contribution in [1.82, 2.24) is 14.8 Å². The molecule has 144 valence electrons. The Morgan fingerprint density at radius 3 is 2.50 bits per heavy atom. The first-order valence-corrected chi connectivity index (χ1v) is 10.6. The number of amides is 1. The third-order valence-electron chi connectivity index (χ3n) is 4.89. The van der Waals surface area contributed by atoms with Crippen molar-refractivity contribution in [3.63, 3.8) is 0 Å². The van der Waals surface area contributed by atoms with Crippen LogP contribution in [0.1, 0.15) is 47.9 Å². The molecule has 1 N–H and O–H groups in total. The molecule has 1 aromatic heterocycles. The monoisotopic (exact) mass is 392 g/mol. The first-order chi connectivity index (χ1) is 13.7. The van der Waals surface area contributed by atoms with E-state index in [4.69, 9.17) is 0 Å². The zero-order valence-electron chi connectivity index (χ0n) is 16.1. The first kappa shape index (κ1) is 18.7. The third kappa shape index (κ3) is 4.12. The van der Waals surface area contributed by atoms with E-state index in [9.17, 15) is 4.79 Å². The van der Waals surface area contributed by atoms with Gasteiger partial charge in [-0.3, -0.25) is 4.79 Å². The summed E-state index contributed by atoms with van der Waals surface area (Å²) in [4.78, 5) is 13.2. The molecule has 2 aromatic carbocycles. The average molecular weight is 393 g/mol. The summed E-state index contributed by atoms with van der Waals surface area (Å²) in [6.07, 6.45) is 2.36. The molecule has 3 aromatic rings. The summed E-state index contributed by atoms with van der Waals surface area (Å²) in [7, 11) is 0. The second-order valence-electron chi connectivity index (χ2n) is 7.12. The molecule has 1 amide bonds. The van der Waals surface area contributed by atoms with Crippen LogP contribution < -0.4 is 5.32 Å². The van der Waals surface area contributed by atoms with Crippen molar-refractivity contribution < 1.29 is 4.79 Å². The molecule has 1 aliphatic rings. The largest absolute Gasteiger partial charge is 0.325 e. The molecule has 1 heterocycles. The topological polar surface area (TPSA) is 59.8 Å². The van der Waals surface area contributed by atoms with Crippen LogP contribution in [-0.2, 0) is 11.3 Å². The summed E-state index contributed by atoms with van der Waals surface area (Å²) >= 11 is 1.47. The lowest BCUT2D eigenvalue weighted by Crippen LogP contribution is -2.19. The van der Waals surface area contributed by atoms with Crippen LogP contribution in [0.25, 0.3) is 0 Å². The fraction of sp³-hybridized carbons (Fsp3) is 0.318. The third-order valence-corrected chi connectivity index (χ3v) is 6.12. The maximum Gasteiger partial charge on any atom is 0.242 e. The van der Waals surface area contributed by atoms with Crippen molar-refractivity contribution in [2.24, 2.45) is 0 Å². The Hall–Kier alpha value is -2.60. The molecule has 0 spiro atoms. The molecule has 0 aliphatic heterocycles. The smallest absolute Gasteiger partial charge is 0.242 e. The van der Waals surface area contributed by atoms with Crippen molar-refractivity contribution in [3.05, 3.63) is 71.5 Å². The van der Waals surface area contributed by atoms with Gasteiger partial charge in [-0.05, 0) is 44.4 Å². The molecule has 1 saturated carbocycles. The molecular weight excluding hydrogens is 368 g/mol. The number of nitrogens with zero attached hydrogens (tertiary/aromatic N) is 3. The maximum atomic E-state index is 13.2. The summed E-state index contributed by atoms with van der Waals surface area (Å²) < 4.78 is 2.15. The minimum atomic E-state index is -0.399. The van der Waals surface area contributed by atoms with Crippen LogP contribution in [0, 0.1) is 6.92 Å². The Morgan fingerprint density at radius 2 is 1.86 bits per heavy atom. The van der Waals surface area contributed by atoms with E-state index in [1.54, 1.807) is 0 Å². The minimum Gasteiger partial charge on any atom is -0.325 e. The summed E-state index contributed by atoms with van der Waals surface area (Å²) in [6, 6.07) is 17.7. The molecule has 1 fully saturated rings. The van der Waals surface area contributed by atoms with Crippen LogP contribution in [0.4, 0.5) is 5.69 Å². The Balaban J connectivity index is 1.61. The number of nitrogens with one attached hydrogen (secondary N) is 1. The van der Waals surface area contributed by atoms with Crippen molar-refractivity contribution in [1.29, 1.82) is 0 Å². The first-order valence-electron chi connectivity index (χ1n) is 9.68. The Kier molecular flexibility index (Phi) is 5.48. The summed E-state index contributed by atoms with van der Waals surface area (Å²) in [6.45, 7) is 4.94. The Labute approximate surface area is 169 Å². The fourth-order valence-corrected chi connectivity index (χ4v) is 4.29. The number of aryl methyl sites for hydroxylation is 1. The van der Waals surface area contributed by atoms with Gasteiger partial charge in [0.2, 0.25) is 5.91 Å².